The van der Waals surface area contributed by atoms with Crippen LogP contribution < -0.4 is 10.9 Å². The molecule has 10 heteroatoms. The first-order valence-electron chi connectivity index (χ1n) is 7.29. The molecule has 0 spiro atoms. The van der Waals surface area contributed by atoms with Gasteiger partial charge in [0.25, 0.3) is 0 Å². The van der Waals surface area contributed by atoms with Gasteiger partial charge >= 0.3 is 5.91 Å². The average molecular weight is 336 g/mol. The summed E-state index contributed by atoms with van der Waals surface area (Å²) in [5.41, 5.74) is 8.02. The third kappa shape index (κ3) is 2.61. The van der Waals surface area contributed by atoms with E-state index in [4.69, 9.17) is 0 Å². The van der Waals surface area contributed by atoms with E-state index in [1.807, 2.05) is 24.3 Å². The van der Waals surface area contributed by atoms with Crippen molar-refractivity contribution in [1.29, 1.82) is 0 Å². The van der Waals surface area contributed by atoms with E-state index in [0.717, 1.165) is 22.3 Å². The molecule has 10 nitrogen and oxygen atoms in total. The van der Waals surface area contributed by atoms with Crippen LogP contribution in [-0.2, 0) is 4.79 Å². The van der Waals surface area contributed by atoms with Crippen molar-refractivity contribution in [1.82, 2.24) is 41.0 Å². The van der Waals surface area contributed by atoms with E-state index in [-0.39, 0.29) is 5.82 Å². The Hall–Kier alpha value is -3.95. The molecule has 4 aromatic rings. The molecule has 3 heterocycles. The van der Waals surface area contributed by atoms with Gasteiger partial charge in [-0.3, -0.25) is 25.5 Å². The molecule has 0 aliphatic carbocycles. The predicted molar refractivity (Wildman–Crippen MR) is 87.9 cm³/mol. The maximum absolute atomic E-state index is 11.8. The second-order valence-corrected chi connectivity index (χ2v) is 5.12. The van der Waals surface area contributed by atoms with Crippen molar-refractivity contribution in [3.05, 3.63) is 42.5 Å². The minimum absolute atomic E-state index is 0.0747. The van der Waals surface area contributed by atoms with E-state index in [9.17, 15) is 9.59 Å². The lowest BCUT2D eigenvalue weighted by atomic mass is 10.1. The number of amides is 2. The fraction of sp³-hybridized carbons (Fsp3) is 0. The number of benzene rings is 1. The highest BCUT2D eigenvalue weighted by atomic mass is 16.2. The van der Waals surface area contributed by atoms with Gasteiger partial charge < -0.3 is 9.97 Å². The second kappa shape index (κ2) is 5.92. The Bertz CT molecular complexity index is 1050. The molecule has 0 aliphatic heterocycles. The average Bonchev–Trinajstić information content (AvgIpc) is 3.38. The summed E-state index contributed by atoms with van der Waals surface area (Å²) in [6.07, 6.45) is 3.55. The minimum Gasteiger partial charge on any atom is -0.337 e. The largest absolute Gasteiger partial charge is 0.337 e. The molecule has 0 bridgehead atoms. The summed E-state index contributed by atoms with van der Waals surface area (Å²) in [7, 11) is 0. The van der Waals surface area contributed by atoms with Crippen molar-refractivity contribution in [2.75, 3.05) is 0 Å². The lowest BCUT2D eigenvalue weighted by Gasteiger charge is -2.00. The lowest BCUT2D eigenvalue weighted by molar-refractivity contribution is -0.110. The standard InChI is InChI=1S/C15H12N8O2/c24-7-18-23-15(25)14-16-6-11(20-14)8-2-1-3-9-12(8)21-13(19-9)10-4-5-17-22-10/h1-7H,(H,16,20)(H,17,22)(H,18,24)(H,19,21)(H,23,25). The zero-order valence-corrected chi connectivity index (χ0v) is 12.7. The molecule has 0 atom stereocenters. The number of carbonyl (C=O) groups is 2. The van der Waals surface area contributed by atoms with Gasteiger partial charge in [0.1, 0.15) is 5.69 Å². The van der Waals surface area contributed by atoms with E-state index in [1.165, 1.54) is 6.20 Å². The van der Waals surface area contributed by atoms with Crippen LogP contribution in [0.5, 0.6) is 0 Å². The summed E-state index contributed by atoms with van der Waals surface area (Å²) in [6.45, 7) is 0. The number of fused-ring (bicyclic) bond motifs is 1. The molecule has 2 amide bonds. The number of rotatable bonds is 5. The molecular weight excluding hydrogens is 324 g/mol. The van der Waals surface area contributed by atoms with Crippen LogP contribution in [0.3, 0.4) is 0 Å². The molecule has 0 radical (unpaired) electrons. The van der Waals surface area contributed by atoms with Crippen molar-refractivity contribution < 1.29 is 9.59 Å². The summed E-state index contributed by atoms with van der Waals surface area (Å²) in [6, 6.07) is 7.47. The fourth-order valence-corrected chi connectivity index (χ4v) is 2.49. The smallest absolute Gasteiger partial charge is 0.305 e. The van der Waals surface area contributed by atoms with Crippen LogP contribution in [0.1, 0.15) is 10.6 Å². The van der Waals surface area contributed by atoms with Crippen molar-refractivity contribution in [2.45, 2.75) is 0 Å². The Labute approximate surface area is 140 Å². The normalized spacial score (nSPS) is 10.7. The minimum atomic E-state index is -0.550. The zero-order chi connectivity index (χ0) is 17.2. The van der Waals surface area contributed by atoms with Gasteiger partial charge in [-0.05, 0) is 12.1 Å². The quantitative estimate of drug-likeness (QED) is 0.269. The Morgan fingerprint density at radius 2 is 2.08 bits per heavy atom. The lowest BCUT2D eigenvalue weighted by Crippen LogP contribution is -2.36. The van der Waals surface area contributed by atoms with Gasteiger partial charge in [-0.2, -0.15) is 5.10 Å². The highest BCUT2D eigenvalue weighted by molar-refractivity contribution is 5.95. The molecule has 25 heavy (non-hydrogen) atoms. The topological polar surface area (TPSA) is 144 Å². The summed E-state index contributed by atoms with van der Waals surface area (Å²) >= 11 is 0. The first-order chi connectivity index (χ1) is 12.3. The number of hydrazine groups is 1. The maximum atomic E-state index is 11.8. The molecule has 3 aromatic heterocycles. The Balaban J connectivity index is 1.73. The molecule has 0 unspecified atom stereocenters. The first-order valence-corrected chi connectivity index (χ1v) is 7.29. The maximum Gasteiger partial charge on any atom is 0.305 e. The highest BCUT2D eigenvalue weighted by Gasteiger charge is 2.15. The van der Waals surface area contributed by atoms with E-state index in [2.05, 4.69) is 41.0 Å². The van der Waals surface area contributed by atoms with Crippen molar-refractivity contribution in [2.24, 2.45) is 0 Å². The van der Waals surface area contributed by atoms with Crippen LogP contribution in [-0.4, -0.2) is 42.5 Å². The summed E-state index contributed by atoms with van der Waals surface area (Å²) < 4.78 is 0. The van der Waals surface area contributed by atoms with Gasteiger partial charge in [0.15, 0.2) is 11.6 Å². The Morgan fingerprint density at radius 1 is 1.16 bits per heavy atom. The molecule has 0 saturated heterocycles. The number of hydrogen-bond donors (Lipinski definition) is 5. The van der Waals surface area contributed by atoms with Crippen LogP contribution in [0, 0.1) is 0 Å². The van der Waals surface area contributed by atoms with Gasteiger partial charge in [-0.25, -0.2) is 9.97 Å². The number of nitrogens with zero attached hydrogens (tertiary/aromatic N) is 3. The summed E-state index contributed by atoms with van der Waals surface area (Å²) in [4.78, 5) is 36.8. The van der Waals surface area contributed by atoms with Crippen molar-refractivity contribution in [3.8, 4) is 22.8 Å². The van der Waals surface area contributed by atoms with Crippen molar-refractivity contribution >= 4 is 23.4 Å². The number of para-hydroxylation sites is 1. The van der Waals surface area contributed by atoms with Crippen LogP contribution in [0.25, 0.3) is 33.8 Å². The number of carbonyl (C=O) groups excluding carboxylic acids is 2. The Kier molecular flexibility index (Phi) is 3.47. The number of hydrogen-bond acceptors (Lipinski definition) is 5. The molecule has 0 fully saturated rings. The summed E-state index contributed by atoms with van der Waals surface area (Å²) in [5.74, 6) is 0.184. The molecule has 0 saturated carbocycles. The van der Waals surface area contributed by atoms with Crippen LogP contribution in [0.4, 0.5) is 0 Å². The molecule has 1 aromatic carbocycles. The van der Waals surface area contributed by atoms with Crippen LogP contribution in [0.2, 0.25) is 0 Å². The van der Waals surface area contributed by atoms with Crippen molar-refractivity contribution in [3.63, 3.8) is 0 Å². The van der Waals surface area contributed by atoms with Gasteiger partial charge in [-0.15, -0.1) is 0 Å². The van der Waals surface area contributed by atoms with Crippen LogP contribution >= 0.6 is 0 Å². The molecular formula is C15H12N8O2. The summed E-state index contributed by atoms with van der Waals surface area (Å²) in [5, 5.41) is 6.78. The second-order valence-electron chi connectivity index (χ2n) is 5.12. The zero-order valence-electron chi connectivity index (χ0n) is 12.7. The van der Waals surface area contributed by atoms with E-state index in [0.29, 0.717) is 17.9 Å². The van der Waals surface area contributed by atoms with E-state index in [1.54, 1.807) is 6.20 Å². The number of imidazole rings is 2. The third-order valence-electron chi connectivity index (χ3n) is 3.59. The van der Waals surface area contributed by atoms with Gasteiger partial charge in [0.05, 0.1) is 22.9 Å². The molecule has 5 N–H and O–H groups in total. The van der Waals surface area contributed by atoms with Gasteiger partial charge in [-0.1, -0.05) is 12.1 Å². The number of aromatic nitrogens is 6. The molecule has 0 aliphatic rings. The predicted octanol–water partition coefficient (Wildman–Crippen LogP) is 0.734. The van der Waals surface area contributed by atoms with Gasteiger partial charge in [0.2, 0.25) is 6.41 Å². The SMILES string of the molecule is O=CNNC(=O)c1ncc(-c2cccc3[nH]c(-c4ccn[nH]4)nc23)[nH]1. The first kappa shape index (κ1) is 14.6. The number of H-pyrrole nitrogens is 3. The Morgan fingerprint density at radius 3 is 2.88 bits per heavy atom. The number of nitrogens with one attached hydrogen (secondary N) is 5. The van der Waals surface area contributed by atoms with E-state index < -0.39 is 5.91 Å². The number of aromatic amines is 3. The molecule has 4 rings (SSSR count). The van der Waals surface area contributed by atoms with E-state index >= 15 is 0 Å². The third-order valence-corrected chi connectivity index (χ3v) is 3.59. The monoisotopic (exact) mass is 336 g/mol. The molecule has 124 valence electrons. The van der Waals surface area contributed by atoms with Crippen LogP contribution in [0.15, 0.2) is 36.7 Å². The fourth-order valence-electron chi connectivity index (χ4n) is 2.49. The van der Waals surface area contributed by atoms with Gasteiger partial charge in [0, 0.05) is 11.8 Å². The highest BCUT2D eigenvalue weighted by Crippen LogP contribution is 2.28.